The molecule has 0 saturated carbocycles. The number of β-lactam (4-membered cyclic amide) rings is 1. The average Bonchev–Trinajstić information content (AvgIpc) is 2.55. The minimum atomic E-state index is -3.67. The Kier molecular flexibility index (Phi) is 4.41. The van der Waals surface area contributed by atoms with Gasteiger partial charge in [-0.05, 0) is 12.1 Å². The lowest BCUT2D eigenvalue weighted by atomic mass is 10.1. The molecule has 2 unspecified atom stereocenters. The summed E-state index contributed by atoms with van der Waals surface area (Å²) >= 11 is 1.13. The van der Waals surface area contributed by atoms with Crippen LogP contribution < -0.4 is 0 Å². The van der Waals surface area contributed by atoms with Crippen molar-refractivity contribution in [3.05, 3.63) is 40.9 Å². The number of thioether (sulfide) groups is 1. The molecule has 128 valence electrons. The lowest BCUT2D eigenvalue weighted by Crippen LogP contribution is -2.70. The highest BCUT2D eigenvalue weighted by atomic mass is 32.2. The maximum atomic E-state index is 12.5. The summed E-state index contributed by atoms with van der Waals surface area (Å²) in [7, 11) is -1.21. The predicted molar refractivity (Wildman–Crippen MR) is 86.6 cm³/mol. The van der Waals surface area contributed by atoms with E-state index in [-0.39, 0.29) is 16.4 Å². The fraction of sp³-hybridized carbons (Fsp3) is 0.333. The van der Waals surface area contributed by atoms with Gasteiger partial charge in [0.05, 0.1) is 12.9 Å². The van der Waals surface area contributed by atoms with E-state index >= 15 is 0 Å². The van der Waals surface area contributed by atoms with Crippen LogP contribution in [0.2, 0.25) is 0 Å². The van der Waals surface area contributed by atoms with Gasteiger partial charge in [0.25, 0.3) is 5.91 Å². The summed E-state index contributed by atoms with van der Waals surface area (Å²) in [4.78, 5) is 26.4. The lowest BCUT2D eigenvalue weighted by molar-refractivity contribution is -0.163. The second-order valence-corrected chi connectivity index (χ2v) is 8.51. The Hall–Kier alpha value is -1.84. The Balaban J connectivity index is 2.08. The van der Waals surface area contributed by atoms with Gasteiger partial charge in [0.1, 0.15) is 5.70 Å². The van der Waals surface area contributed by atoms with Crippen LogP contribution >= 0.6 is 11.8 Å². The van der Waals surface area contributed by atoms with Gasteiger partial charge in [-0.15, -0.1) is 0 Å². The van der Waals surface area contributed by atoms with Crippen molar-refractivity contribution >= 4 is 33.5 Å². The number of nitrogens with zero attached hydrogens (tertiary/aromatic N) is 1. The molecule has 1 aromatic rings. The largest absolute Gasteiger partial charge is 0.464 e. The Bertz CT molecular complexity index is 818. The SMILES string of the molecule is COC(=O)C1=C(Sc2ccccc2)CS(=O)(=O)C2C(OC)C(=O)N12. The zero-order valence-corrected chi connectivity index (χ0v) is 14.6. The van der Waals surface area contributed by atoms with Crippen molar-refractivity contribution in [2.75, 3.05) is 20.0 Å². The van der Waals surface area contributed by atoms with E-state index in [0.717, 1.165) is 21.6 Å². The summed E-state index contributed by atoms with van der Waals surface area (Å²) in [6.45, 7) is 0. The number of amides is 1. The average molecular weight is 369 g/mol. The number of carbonyl (C=O) groups is 2. The monoisotopic (exact) mass is 369 g/mol. The molecule has 0 N–H and O–H groups in total. The van der Waals surface area contributed by atoms with Crippen molar-refractivity contribution in [2.24, 2.45) is 0 Å². The molecule has 0 radical (unpaired) electrons. The number of benzene rings is 1. The van der Waals surface area contributed by atoms with E-state index in [1.54, 1.807) is 24.3 Å². The molecule has 24 heavy (non-hydrogen) atoms. The van der Waals surface area contributed by atoms with Crippen LogP contribution in [-0.4, -0.2) is 56.6 Å². The number of fused-ring (bicyclic) bond motifs is 1. The maximum absolute atomic E-state index is 12.5. The van der Waals surface area contributed by atoms with Crippen molar-refractivity contribution < 1.29 is 27.5 Å². The Morgan fingerprint density at radius 2 is 1.92 bits per heavy atom. The molecular formula is C15H15NO6S2. The third kappa shape index (κ3) is 2.62. The summed E-state index contributed by atoms with van der Waals surface area (Å²) in [6, 6.07) is 9.02. The fourth-order valence-corrected chi connectivity index (χ4v) is 6.12. The summed E-state index contributed by atoms with van der Waals surface area (Å²) in [5.41, 5.74) is -0.0236. The van der Waals surface area contributed by atoms with Crippen molar-refractivity contribution in [1.82, 2.24) is 4.90 Å². The first-order valence-corrected chi connectivity index (χ1v) is 9.55. The molecule has 1 aromatic carbocycles. The third-order valence-electron chi connectivity index (χ3n) is 3.82. The summed E-state index contributed by atoms with van der Waals surface area (Å²) < 4.78 is 34.8. The van der Waals surface area contributed by atoms with E-state index in [9.17, 15) is 18.0 Å². The molecule has 9 heteroatoms. The highest BCUT2D eigenvalue weighted by Gasteiger charge is 2.60. The van der Waals surface area contributed by atoms with Gasteiger partial charge in [-0.3, -0.25) is 9.69 Å². The van der Waals surface area contributed by atoms with Gasteiger partial charge in [0, 0.05) is 16.9 Å². The number of ether oxygens (including phenoxy) is 2. The van der Waals surface area contributed by atoms with E-state index in [0.29, 0.717) is 0 Å². The lowest BCUT2D eigenvalue weighted by Gasteiger charge is -2.48. The van der Waals surface area contributed by atoms with E-state index in [4.69, 9.17) is 9.47 Å². The van der Waals surface area contributed by atoms with Gasteiger partial charge in [-0.25, -0.2) is 13.2 Å². The number of esters is 1. The van der Waals surface area contributed by atoms with Crippen LogP contribution in [0.25, 0.3) is 0 Å². The molecule has 0 spiro atoms. The molecule has 1 fully saturated rings. The molecule has 0 aromatic heterocycles. The van der Waals surface area contributed by atoms with Crippen LogP contribution in [0.3, 0.4) is 0 Å². The first-order valence-electron chi connectivity index (χ1n) is 7.02. The molecule has 3 rings (SSSR count). The number of sulfone groups is 1. The number of hydrogen-bond acceptors (Lipinski definition) is 7. The highest BCUT2D eigenvalue weighted by Crippen LogP contribution is 2.43. The van der Waals surface area contributed by atoms with Gasteiger partial charge in [-0.1, -0.05) is 30.0 Å². The standard InChI is InChI=1S/C15H15NO6S2/c1-21-12-13(17)16-11(15(18)22-2)10(8-24(19,20)14(12)16)23-9-6-4-3-5-7-9/h3-7,12,14H,8H2,1-2H3. The topological polar surface area (TPSA) is 90.0 Å². The number of carbonyl (C=O) groups excluding carboxylic acids is 2. The quantitative estimate of drug-likeness (QED) is 0.572. The Morgan fingerprint density at radius 3 is 2.50 bits per heavy atom. The fourth-order valence-electron chi connectivity index (χ4n) is 2.73. The van der Waals surface area contributed by atoms with Gasteiger partial charge in [0.2, 0.25) is 0 Å². The molecule has 7 nitrogen and oxygen atoms in total. The predicted octanol–water partition coefficient (Wildman–Crippen LogP) is 0.775. The first kappa shape index (κ1) is 17.0. The molecule has 0 bridgehead atoms. The van der Waals surface area contributed by atoms with Crippen molar-refractivity contribution in [3.8, 4) is 0 Å². The Labute approximate surface area is 143 Å². The van der Waals surface area contributed by atoms with Gasteiger partial charge in [0.15, 0.2) is 21.3 Å². The van der Waals surface area contributed by atoms with Crippen LogP contribution in [0.5, 0.6) is 0 Å². The van der Waals surface area contributed by atoms with Gasteiger partial charge < -0.3 is 9.47 Å². The van der Waals surface area contributed by atoms with E-state index in [1.165, 1.54) is 14.2 Å². The van der Waals surface area contributed by atoms with Crippen molar-refractivity contribution in [2.45, 2.75) is 16.4 Å². The second-order valence-electron chi connectivity index (χ2n) is 5.24. The van der Waals surface area contributed by atoms with E-state index in [1.807, 2.05) is 6.07 Å². The maximum Gasteiger partial charge on any atom is 0.355 e. The molecule has 2 heterocycles. The summed E-state index contributed by atoms with van der Waals surface area (Å²) in [6.07, 6.45) is -1.09. The number of rotatable bonds is 4. The summed E-state index contributed by atoms with van der Waals surface area (Å²) in [5, 5.41) is -1.18. The van der Waals surface area contributed by atoms with E-state index in [2.05, 4.69) is 0 Å². The Morgan fingerprint density at radius 1 is 1.25 bits per heavy atom. The summed E-state index contributed by atoms with van der Waals surface area (Å²) in [5.74, 6) is -1.64. The zero-order valence-electron chi connectivity index (χ0n) is 13.0. The molecule has 2 aliphatic rings. The van der Waals surface area contributed by atoms with Gasteiger partial charge >= 0.3 is 5.97 Å². The van der Waals surface area contributed by atoms with Crippen LogP contribution in [-0.2, 0) is 28.9 Å². The van der Waals surface area contributed by atoms with Crippen LogP contribution in [0.15, 0.2) is 45.8 Å². The first-order chi connectivity index (χ1) is 11.4. The zero-order chi connectivity index (χ0) is 17.5. The van der Waals surface area contributed by atoms with Crippen LogP contribution in [0.4, 0.5) is 0 Å². The molecule has 1 amide bonds. The van der Waals surface area contributed by atoms with Gasteiger partial charge in [-0.2, -0.15) is 0 Å². The highest BCUT2D eigenvalue weighted by molar-refractivity contribution is 8.04. The smallest absolute Gasteiger partial charge is 0.355 e. The molecular weight excluding hydrogens is 354 g/mol. The van der Waals surface area contributed by atoms with E-state index < -0.39 is 33.2 Å². The molecule has 2 aliphatic heterocycles. The van der Waals surface area contributed by atoms with Crippen molar-refractivity contribution in [1.29, 1.82) is 0 Å². The minimum Gasteiger partial charge on any atom is -0.464 e. The normalized spacial score (nSPS) is 25.1. The third-order valence-corrected chi connectivity index (χ3v) is 6.98. The molecule has 1 saturated heterocycles. The number of methoxy groups -OCH3 is 2. The van der Waals surface area contributed by atoms with Crippen LogP contribution in [0.1, 0.15) is 0 Å². The van der Waals surface area contributed by atoms with Crippen molar-refractivity contribution in [3.63, 3.8) is 0 Å². The van der Waals surface area contributed by atoms with Crippen LogP contribution in [0, 0.1) is 0 Å². The number of hydrogen-bond donors (Lipinski definition) is 0. The molecule has 0 aliphatic carbocycles. The second kappa shape index (κ2) is 6.23. The molecule has 2 atom stereocenters. The minimum absolute atomic E-state index is 0.0236.